The van der Waals surface area contributed by atoms with Gasteiger partial charge in [-0.25, -0.2) is 13.1 Å². The van der Waals surface area contributed by atoms with Gasteiger partial charge in [-0.3, -0.25) is 9.59 Å². The summed E-state index contributed by atoms with van der Waals surface area (Å²) in [6, 6.07) is 12.9. The lowest BCUT2D eigenvalue weighted by Crippen LogP contribution is -2.29. The second-order valence-electron chi connectivity index (χ2n) is 6.65. The van der Waals surface area contributed by atoms with Crippen molar-refractivity contribution in [2.75, 3.05) is 11.9 Å². The van der Waals surface area contributed by atoms with Crippen LogP contribution in [0.5, 0.6) is 0 Å². The fraction of sp³-hybridized carbons (Fsp3) is 0.238. The number of carbonyl (C=O) groups is 2. The SMILES string of the molecule is C=CCNS(=O)(=O)Cc1ccc(NC(=O)CC(NC(C)=O)c2ccc(Cl)cc2)cc1. The molecule has 0 aliphatic heterocycles. The summed E-state index contributed by atoms with van der Waals surface area (Å²) >= 11 is 5.90. The van der Waals surface area contributed by atoms with Gasteiger partial charge in [0.25, 0.3) is 0 Å². The number of halogens is 1. The van der Waals surface area contributed by atoms with Crippen LogP contribution < -0.4 is 15.4 Å². The Kier molecular flexibility index (Phi) is 8.58. The second kappa shape index (κ2) is 10.9. The van der Waals surface area contributed by atoms with Gasteiger partial charge in [0.2, 0.25) is 21.8 Å². The standard InChI is InChI=1S/C21H24ClN3O4S/c1-3-12-23-30(28,29)14-16-4-10-19(11-5-16)25-21(27)13-20(24-15(2)26)17-6-8-18(22)9-7-17/h3-11,20,23H,1,12-14H2,2H3,(H,24,26)(H,25,27). The van der Waals surface area contributed by atoms with Crippen LogP contribution in [0.1, 0.15) is 30.5 Å². The normalized spacial score (nSPS) is 12.1. The van der Waals surface area contributed by atoms with Crippen molar-refractivity contribution >= 4 is 39.1 Å². The first-order chi connectivity index (χ1) is 14.2. The summed E-state index contributed by atoms with van der Waals surface area (Å²) in [6.07, 6.45) is 1.50. The molecule has 0 fully saturated rings. The number of rotatable bonds is 10. The number of hydrogen-bond acceptors (Lipinski definition) is 4. The summed E-state index contributed by atoms with van der Waals surface area (Å²) in [6.45, 7) is 5.03. The van der Waals surface area contributed by atoms with Crippen LogP contribution in [0.2, 0.25) is 5.02 Å². The van der Waals surface area contributed by atoms with E-state index in [1.165, 1.54) is 13.0 Å². The predicted octanol–water partition coefficient (Wildman–Crippen LogP) is 3.15. The van der Waals surface area contributed by atoms with Crippen LogP contribution in [0.25, 0.3) is 0 Å². The van der Waals surface area contributed by atoms with E-state index >= 15 is 0 Å². The van der Waals surface area contributed by atoms with Crippen LogP contribution in [0.15, 0.2) is 61.2 Å². The van der Waals surface area contributed by atoms with E-state index in [-0.39, 0.29) is 30.5 Å². The van der Waals surface area contributed by atoms with E-state index in [4.69, 9.17) is 11.6 Å². The lowest BCUT2D eigenvalue weighted by Gasteiger charge is -2.18. The van der Waals surface area contributed by atoms with Gasteiger partial charge < -0.3 is 10.6 Å². The van der Waals surface area contributed by atoms with Gasteiger partial charge in [-0.2, -0.15) is 0 Å². The molecular weight excluding hydrogens is 426 g/mol. The number of carbonyl (C=O) groups excluding carboxylic acids is 2. The second-order valence-corrected chi connectivity index (χ2v) is 8.89. The zero-order chi connectivity index (χ0) is 22.1. The Morgan fingerprint density at radius 1 is 1.10 bits per heavy atom. The van der Waals surface area contributed by atoms with Crippen LogP contribution in [0.4, 0.5) is 5.69 Å². The summed E-state index contributed by atoms with van der Waals surface area (Å²) in [4.78, 5) is 24.0. The average Bonchev–Trinajstić information content (AvgIpc) is 2.67. The van der Waals surface area contributed by atoms with E-state index in [2.05, 4.69) is 21.9 Å². The summed E-state index contributed by atoms with van der Waals surface area (Å²) in [5.41, 5.74) is 1.87. The minimum atomic E-state index is -3.45. The molecule has 0 bridgehead atoms. The molecule has 7 nitrogen and oxygen atoms in total. The first-order valence-electron chi connectivity index (χ1n) is 9.18. The number of sulfonamides is 1. The molecule has 0 aromatic heterocycles. The molecular formula is C21H24ClN3O4S. The lowest BCUT2D eigenvalue weighted by molar-refractivity contribution is -0.120. The van der Waals surface area contributed by atoms with E-state index < -0.39 is 16.1 Å². The molecule has 0 aliphatic carbocycles. The van der Waals surface area contributed by atoms with E-state index in [9.17, 15) is 18.0 Å². The smallest absolute Gasteiger partial charge is 0.226 e. The highest BCUT2D eigenvalue weighted by Gasteiger charge is 2.17. The van der Waals surface area contributed by atoms with Crippen LogP contribution in [0.3, 0.4) is 0 Å². The van der Waals surface area contributed by atoms with E-state index in [1.54, 1.807) is 48.5 Å². The minimum absolute atomic E-state index is 0.0306. The molecule has 0 saturated carbocycles. The van der Waals surface area contributed by atoms with Crippen molar-refractivity contribution in [3.63, 3.8) is 0 Å². The Labute approximate surface area is 181 Å². The van der Waals surface area contributed by atoms with E-state index in [0.717, 1.165) is 5.56 Å². The molecule has 3 N–H and O–H groups in total. The molecule has 2 aromatic carbocycles. The maximum Gasteiger partial charge on any atom is 0.226 e. The van der Waals surface area contributed by atoms with Crippen molar-refractivity contribution in [1.82, 2.24) is 10.0 Å². The van der Waals surface area contributed by atoms with Crippen molar-refractivity contribution in [1.29, 1.82) is 0 Å². The van der Waals surface area contributed by atoms with Crippen molar-refractivity contribution < 1.29 is 18.0 Å². The monoisotopic (exact) mass is 449 g/mol. The highest BCUT2D eigenvalue weighted by molar-refractivity contribution is 7.88. The van der Waals surface area contributed by atoms with Gasteiger partial charge in [0, 0.05) is 24.2 Å². The first-order valence-corrected chi connectivity index (χ1v) is 11.2. The molecule has 2 amide bonds. The van der Waals surface area contributed by atoms with Crippen LogP contribution in [0, 0.1) is 0 Å². The van der Waals surface area contributed by atoms with Gasteiger partial charge in [-0.05, 0) is 35.4 Å². The predicted molar refractivity (Wildman–Crippen MR) is 119 cm³/mol. The van der Waals surface area contributed by atoms with Gasteiger partial charge in [0.15, 0.2) is 0 Å². The fourth-order valence-corrected chi connectivity index (χ4v) is 3.96. The van der Waals surface area contributed by atoms with Crippen LogP contribution in [-0.4, -0.2) is 26.8 Å². The van der Waals surface area contributed by atoms with Gasteiger partial charge in [-0.15, -0.1) is 6.58 Å². The summed E-state index contributed by atoms with van der Waals surface area (Å²) in [5.74, 6) is -0.717. The molecule has 2 aromatic rings. The Morgan fingerprint density at radius 2 is 1.73 bits per heavy atom. The molecule has 9 heteroatoms. The Hall–Kier alpha value is -2.68. The lowest BCUT2D eigenvalue weighted by atomic mass is 10.0. The van der Waals surface area contributed by atoms with Crippen molar-refractivity contribution in [3.05, 3.63) is 77.3 Å². The molecule has 0 radical (unpaired) electrons. The van der Waals surface area contributed by atoms with Crippen molar-refractivity contribution in [2.24, 2.45) is 0 Å². The van der Waals surface area contributed by atoms with Crippen molar-refractivity contribution in [2.45, 2.75) is 25.1 Å². The van der Waals surface area contributed by atoms with Crippen molar-refractivity contribution in [3.8, 4) is 0 Å². The third-order valence-electron chi connectivity index (χ3n) is 4.08. The average molecular weight is 450 g/mol. The largest absolute Gasteiger partial charge is 0.349 e. The highest BCUT2D eigenvalue weighted by atomic mass is 35.5. The minimum Gasteiger partial charge on any atom is -0.349 e. The van der Waals surface area contributed by atoms with Gasteiger partial charge in [-0.1, -0.05) is 41.9 Å². The fourth-order valence-electron chi connectivity index (χ4n) is 2.73. The van der Waals surface area contributed by atoms with E-state index in [1.807, 2.05) is 0 Å². The molecule has 1 atom stereocenters. The Bertz CT molecular complexity index is 990. The molecule has 160 valence electrons. The summed E-state index contributed by atoms with van der Waals surface area (Å²) in [7, 11) is -3.45. The molecule has 0 heterocycles. The highest BCUT2D eigenvalue weighted by Crippen LogP contribution is 2.21. The summed E-state index contributed by atoms with van der Waals surface area (Å²) < 4.78 is 26.2. The summed E-state index contributed by atoms with van der Waals surface area (Å²) in [5, 5.41) is 6.08. The zero-order valence-corrected chi connectivity index (χ0v) is 18.1. The maximum absolute atomic E-state index is 12.5. The molecule has 1 unspecified atom stereocenters. The first kappa shape index (κ1) is 23.6. The maximum atomic E-state index is 12.5. The van der Waals surface area contributed by atoms with E-state index in [0.29, 0.717) is 16.3 Å². The zero-order valence-electron chi connectivity index (χ0n) is 16.5. The number of anilines is 1. The van der Waals surface area contributed by atoms with Gasteiger partial charge in [0.05, 0.1) is 18.2 Å². The van der Waals surface area contributed by atoms with Gasteiger partial charge >= 0.3 is 0 Å². The molecule has 0 saturated heterocycles. The Morgan fingerprint density at radius 3 is 2.30 bits per heavy atom. The topological polar surface area (TPSA) is 104 Å². The van der Waals surface area contributed by atoms with Crippen LogP contribution >= 0.6 is 11.6 Å². The third kappa shape index (κ3) is 7.98. The molecule has 0 aliphatic rings. The molecule has 0 spiro atoms. The molecule has 30 heavy (non-hydrogen) atoms. The number of nitrogens with one attached hydrogen (secondary N) is 3. The Balaban J connectivity index is 2.00. The quantitative estimate of drug-likeness (QED) is 0.484. The van der Waals surface area contributed by atoms with Crippen LogP contribution in [-0.2, 0) is 25.4 Å². The molecule has 2 rings (SSSR count). The third-order valence-corrected chi connectivity index (χ3v) is 5.65. The number of benzene rings is 2. The number of hydrogen-bond donors (Lipinski definition) is 3. The van der Waals surface area contributed by atoms with Gasteiger partial charge in [0.1, 0.15) is 0 Å². The number of amides is 2.